The van der Waals surface area contributed by atoms with E-state index in [1.807, 2.05) is 18.2 Å². The molecule has 0 unspecified atom stereocenters. The second kappa shape index (κ2) is 17.0. The highest BCUT2D eigenvalue weighted by molar-refractivity contribution is 7.80. The summed E-state index contributed by atoms with van der Waals surface area (Å²) in [6, 6.07) is 22.1. The van der Waals surface area contributed by atoms with Crippen LogP contribution in [0.4, 0.5) is 17.1 Å². The lowest BCUT2D eigenvalue weighted by atomic mass is 10.1. The highest BCUT2D eigenvalue weighted by Gasteiger charge is 2.45. The molecule has 2 N–H and O–H groups in total. The van der Waals surface area contributed by atoms with Gasteiger partial charge < -0.3 is 39.5 Å². The molecular weight excluding hydrogens is 695 g/mol. The summed E-state index contributed by atoms with van der Waals surface area (Å²) >= 11 is 18.4. The lowest BCUT2D eigenvalue weighted by Crippen LogP contribution is -2.46. The molecule has 2 aliphatic rings. The van der Waals surface area contributed by atoms with Gasteiger partial charge in [-0.2, -0.15) is 5.10 Å². The van der Waals surface area contributed by atoms with Gasteiger partial charge in [0.25, 0.3) is 0 Å². The molecule has 6 rings (SSSR count). The number of hydrogen-bond donors (Lipinski definition) is 2. The Hall–Kier alpha value is -3.65. The fourth-order valence-corrected chi connectivity index (χ4v) is 7.09. The van der Waals surface area contributed by atoms with Gasteiger partial charge in [-0.15, -0.1) is 0 Å². The summed E-state index contributed by atoms with van der Waals surface area (Å²) in [4.78, 5) is 11.1. The maximum atomic E-state index is 6.59. The van der Waals surface area contributed by atoms with Crippen LogP contribution in [0.15, 0.2) is 79.4 Å². The first-order valence-electron chi connectivity index (χ1n) is 17.0. The van der Waals surface area contributed by atoms with Crippen LogP contribution in [0.3, 0.4) is 0 Å². The number of likely N-dealkylation sites (N-methyl/N-ethyl adjacent to an activating group) is 2. The van der Waals surface area contributed by atoms with Gasteiger partial charge in [0, 0.05) is 73.5 Å². The van der Waals surface area contributed by atoms with Gasteiger partial charge in [0.1, 0.15) is 37.7 Å². The van der Waals surface area contributed by atoms with Crippen molar-refractivity contribution in [2.24, 2.45) is 0 Å². The van der Waals surface area contributed by atoms with Crippen molar-refractivity contribution in [3.8, 4) is 5.75 Å². The molecule has 2 atom stereocenters. The minimum absolute atomic E-state index is 0.277. The van der Waals surface area contributed by atoms with Crippen molar-refractivity contribution in [1.29, 1.82) is 0 Å². The maximum Gasteiger partial charge on any atom is 0.217 e. The summed E-state index contributed by atoms with van der Waals surface area (Å²) in [6.45, 7) is 12.5. The number of benzene rings is 3. The summed E-state index contributed by atoms with van der Waals surface area (Å²) in [5, 5.41) is 12.7. The Bertz CT molecular complexity index is 1670. The average molecular weight is 740 g/mol. The molecule has 50 heavy (non-hydrogen) atoms. The molecule has 0 aliphatic carbocycles. The second-order valence-corrected chi connectivity index (χ2v) is 13.4. The number of piperazine rings is 1. The molecule has 3 aromatic carbocycles. The Morgan fingerprint density at radius 2 is 1.70 bits per heavy atom. The first kappa shape index (κ1) is 36.2. The molecule has 0 radical (unpaired) electrons. The normalized spacial score (nSPS) is 19.1. The van der Waals surface area contributed by atoms with Gasteiger partial charge in [-0.25, -0.2) is 9.67 Å². The van der Waals surface area contributed by atoms with Crippen LogP contribution in [0.1, 0.15) is 19.4 Å². The largest absolute Gasteiger partial charge is 0.491 e. The smallest absolute Gasteiger partial charge is 0.217 e. The SMILES string of the molecule is CCNCCN(CC)C(=S)Nc1ccc(N2CCN(c3ccc(OC[C@@H]4CO[C@@](Cn5cncn5)(c5ccc(Cl)cc5Cl)O4)cc3)CC2)cc1. The molecule has 0 bridgehead atoms. The van der Waals surface area contributed by atoms with E-state index < -0.39 is 5.79 Å². The van der Waals surface area contributed by atoms with Gasteiger partial charge in [0.05, 0.1) is 11.6 Å². The second-order valence-electron chi connectivity index (χ2n) is 12.2. The number of ether oxygens (including phenoxy) is 3. The molecule has 1 aromatic heterocycles. The summed E-state index contributed by atoms with van der Waals surface area (Å²) in [5.74, 6) is -0.383. The van der Waals surface area contributed by atoms with Crippen LogP contribution in [-0.2, 0) is 21.8 Å². The van der Waals surface area contributed by atoms with Crippen LogP contribution >= 0.6 is 35.4 Å². The van der Waals surface area contributed by atoms with E-state index in [1.165, 1.54) is 17.7 Å². The van der Waals surface area contributed by atoms with Gasteiger partial charge in [0.15, 0.2) is 5.11 Å². The third-order valence-electron chi connectivity index (χ3n) is 8.92. The number of aromatic nitrogens is 3. The fourth-order valence-electron chi connectivity index (χ4n) is 6.20. The van der Waals surface area contributed by atoms with E-state index >= 15 is 0 Å². The van der Waals surface area contributed by atoms with Crippen molar-refractivity contribution >= 4 is 57.6 Å². The molecule has 2 aliphatic heterocycles. The molecule has 2 fully saturated rings. The predicted octanol–water partition coefficient (Wildman–Crippen LogP) is 5.89. The number of anilines is 3. The van der Waals surface area contributed by atoms with Crippen molar-refractivity contribution < 1.29 is 14.2 Å². The van der Waals surface area contributed by atoms with Crippen LogP contribution in [0.5, 0.6) is 5.75 Å². The Kier molecular flexibility index (Phi) is 12.3. The Morgan fingerprint density at radius 3 is 2.32 bits per heavy atom. The highest BCUT2D eigenvalue weighted by atomic mass is 35.5. The number of halogens is 2. The lowest BCUT2D eigenvalue weighted by Gasteiger charge is -2.37. The molecule has 11 nitrogen and oxygen atoms in total. The summed E-state index contributed by atoms with van der Waals surface area (Å²) in [5.41, 5.74) is 4.07. The van der Waals surface area contributed by atoms with Crippen LogP contribution in [0.2, 0.25) is 10.0 Å². The third-order valence-corrected chi connectivity index (χ3v) is 9.82. The van der Waals surface area contributed by atoms with Crippen molar-refractivity contribution in [2.75, 3.05) is 80.7 Å². The molecule has 0 saturated carbocycles. The first-order chi connectivity index (χ1) is 24.4. The third kappa shape index (κ3) is 8.98. The van der Waals surface area contributed by atoms with E-state index in [2.05, 4.69) is 85.7 Å². The van der Waals surface area contributed by atoms with Gasteiger partial charge in [0.2, 0.25) is 5.79 Å². The molecule has 0 amide bonds. The molecule has 14 heteroatoms. The quantitative estimate of drug-likeness (QED) is 0.120. The zero-order valence-electron chi connectivity index (χ0n) is 28.4. The minimum atomic E-state index is -1.15. The molecule has 4 aromatic rings. The zero-order chi connectivity index (χ0) is 34.9. The van der Waals surface area contributed by atoms with E-state index in [9.17, 15) is 0 Å². The van der Waals surface area contributed by atoms with E-state index in [4.69, 9.17) is 49.6 Å². The number of nitrogens with zero attached hydrogens (tertiary/aromatic N) is 6. The lowest BCUT2D eigenvalue weighted by molar-refractivity contribution is -0.190. The molecular formula is C36H44Cl2N8O3S. The minimum Gasteiger partial charge on any atom is -0.491 e. The standard InChI is InChI=1S/C36H44Cl2N8O3S/c1-3-39-15-16-43(4-2)35(50)42-28-6-8-29(9-7-28)44-17-19-45(20-18-44)30-10-12-31(13-11-30)47-22-32-23-48-36(49-32,24-46-26-40-25-41-46)33-14-5-27(37)21-34(33)38/h5-14,21,25-26,32,39H,3-4,15-20,22-24H2,1-2H3,(H,42,50)/t32-,36-/m1/s1. The van der Waals surface area contributed by atoms with Gasteiger partial charge in [-0.05, 0) is 86.4 Å². The Labute approximate surface area is 309 Å². The van der Waals surface area contributed by atoms with Crippen molar-refractivity contribution in [1.82, 2.24) is 25.0 Å². The Morgan fingerprint density at radius 1 is 1.00 bits per heavy atom. The predicted molar refractivity (Wildman–Crippen MR) is 204 cm³/mol. The van der Waals surface area contributed by atoms with E-state index in [1.54, 1.807) is 23.1 Å². The monoisotopic (exact) mass is 738 g/mol. The van der Waals surface area contributed by atoms with Crippen LogP contribution in [-0.4, -0.2) is 96.5 Å². The van der Waals surface area contributed by atoms with Crippen LogP contribution in [0, 0.1) is 0 Å². The van der Waals surface area contributed by atoms with E-state index in [0.29, 0.717) is 28.8 Å². The zero-order valence-corrected chi connectivity index (χ0v) is 30.8. The number of rotatable bonds is 14. The van der Waals surface area contributed by atoms with Crippen molar-refractivity contribution in [3.05, 3.63) is 95.0 Å². The van der Waals surface area contributed by atoms with Gasteiger partial charge in [-0.3, -0.25) is 0 Å². The fraction of sp³-hybridized carbons (Fsp3) is 0.417. The maximum absolute atomic E-state index is 6.59. The molecule has 3 heterocycles. The molecule has 266 valence electrons. The topological polar surface area (TPSA) is 92.2 Å². The van der Waals surface area contributed by atoms with Gasteiger partial charge >= 0.3 is 0 Å². The highest BCUT2D eigenvalue weighted by Crippen LogP contribution is 2.40. The molecule has 0 spiro atoms. The van der Waals surface area contributed by atoms with E-state index in [-0.39, 0.29) is 12.6 Å². The number of nitrogens with one attached hydrogen (secondary N) is 2. The van der Waals surface area contributed by atoms with Crippen molar-refractivity contribution in [3.63, 3.8) is 0 Å². The van der Waals surface area contributed by atoms with Crippen LogP contribution < -0.4 is 25.2 Å². The van der Waals surface area contributed by atoms with E-state index in [0.717, 1.165) is 68.9 Å². The summed E-state index contributed by atoms with van der Waals surface area (Å²) < 4.78 is 20.6. The Balaban J connectivity index is 0.978. The van der Waals surface area contributed by atoms with Crippen molar-refractivity contribution in [2.45, 2.75) is 32.3 Å². The summed E-state index contributed by atoms with van der Waals surface area (Å²) in [7, 11) is 0. The van der Waals surface area contributed by atoms with Crippen LogP contribution in [0.25, 0.3) is 0 Å². The first-order valence-corrected chi connectivity index (χ1v) is 18.2. The molecule has 2 saturated heterocycles. The average Bonchev–Trinajstić information content (AvgIpc) is 3.80. The van der Waals surface area contributed by atoms with Gasteiger partial charge in [-0.1, -0.05) is 36.2 Å². The number of thiocarbonyl (C=S) groups is 1. The summed E-state index contributed by atoms with van der Waals surface area (Å²) in [6.07, 6.45) is 2.77. The number of hydrogen-bond acceptors (Lipinski definition) is 9.